The van der Waals surface area contributed by atoms with Crippen LogP contribution >= 0.6 is 0 Å². The van der Waals surface area contributed by atoms with E-state index in [2.05, 4.69) is 129 Å². The van der Waals surface area contributed by atoms with E-state index < -0.39 is 5.97 Å². The molecule has 0 atom stereocenters. The Kier molecular flexibility index (Phi) is 7.26. The van der Waals surface area contributed by atoms with Crippen LogP contribution in [0.3, 0.4) is 0 Å². The van der Waals surface area contributed by atoms with Crippen LogP contribution in [-0.4, -0.2) is 46.2 Å². The first-order chi connectivity index (χ1) is 20.6. The molecule has 2 N–H and O–H groups in total. The molecule has 0 saturated carbocycles. The van der Waals surface area contributed by atoms with Crippen LogP contribution in [0.4, 0.5) is 11.4 Å². The summed E-state index contributed by atoms with van der Waals surface area (Å²) >= 11 is 0. The zero-order chi connectivity index (χ0) is 30.5. The highest BCUT2D eigenvalue weighted by Gasteiger charge is 2.46. The van der Waals surface area contributed by atoms with Crippen LogP contribution in [0.15, 0.2) is 96.2 Å². The van der Waals surface area contributed by atoms with Crippen molar-refractivity contribution in [2.45, 2.75) is 58.3 Å². The second-order valence-electron chi connectivity index (χ2n) is 12.8. The monoisotopic (exact) mass is 573 g/mol. The van der Waals surface area contributed by atoms with E-state index in [1.165, 1.54) is 38.2 Å². The molecule has 43 heavy (non-hydrogen) atoms. The normalized spacial score (nSPS) is 18.1. The molecule has 5 nitrogen and oxygen atoms in total. The fourth-order valence-corrected chi connectivity index (χ4v) is 7.38. The van der Waals surface area contributed by atoms with Gasteiger partial charge >= 0.3 is 5.97 Å². The molecule has 0 radical (unpaired) electrons. The fourth-order valence-electron chi connectivity index (χ4n) is 7.38. The van der Waals surface area contributed by atoms with Crippen molar-refractivity contribution in [2.75, 3.05) is 24.6 Å². The summed E-state index contributed by atoms with van der Waals surface area (Å²) in [5.41, 5.74) is 7.60. The Hall–Kier alpha value is -4.22. The summed E-state index contributed by atoms with van der Waals surface area (Å²) in [5, 5.41) is 24.6. The lowest BCUT2D eigenvalue weighted by molar-refractivity contribution is -0.440. The summed E-state index contributed by atoms with van der Waals surface area (Å²) < 4.78 is 2.28. The standard InChI is InChI=1S/C38H40N2O3/c1-6-25(24-33-38(4,5)36-29-14-10-8-12-27(29)16-18-31(36)40(33)21-22-41)23-32-37(2,3)35-28-13-9-7-11-26(28)15-17-30(35)39(32)20-19-34(42)43/h7-18,23-24,41H,6,19-22H2,1-5H3/p+1. The van der Waals surface area contributed by atoms with Gasteiger partial charge in [0.25, 0.3) is 0 Å². The Balaban J connectivity index is 1.53. The molecule has 220 valence electrons. The Bertz CT molecular complexity index is 1860. The maximum atomic E-state index is 11.7. The van der Waals surface area contributed by atoms with Gasteiger partial charge in [0.15, 0.2) is 12.3 Å². The average molecular weight is 574 g/mol. The third-order valence-corrected chi connectivity index (χ3v) is 9.43. The van der Waals surface area contributed by atoms with Gasteiger partial charge in [-0.3, -0.25) is 4.79 Å². The lowest BCUT2D eigenvalue weighted by Gasteiger charge is -2.27. The third kappa shape index (κ3) is 4.67. The molecule has 0 saturated heterocycles. The van der Waals surface area contributed by atoms with E-state index >= 15 is 0 Å². The number of aliphatic hydroxyl groups excluding tert-OH is 1. The second kappa shape index (κ2) is 10.8. The van der Waals surface area contributed by atoms with Crippen molar-refractivity contribution in [1.29, 1.82) is 0 Å². The van der Waals surface area contributed by atoms with Gasteiger partial charge in [-0.05, 0) is 71.2 Å². The third-order valence-electron chi connectivity index (χ3n) is 9.43. The van der Waals surface area contributed by atoms with E-state index in [1.54, 1.807) is 0 Å². The summed E-state index contributed by atoms with van der Waals surface area (Å²) in [6.07, 6.45) is 5.47. The minimum atomic E-state index is -0.800. The molecule has 0 aromatic heterocycles. The lowest BCUT2D eigenvalue weighted by Crippen LogP contribution is -2.30. The number of carboxylic acid groups (broad SMARTS) is 1. The quantitative estimate of drug-likeness (QED) is 0.211. The SMILES string of the molecule is CCC(=C\C1=[N+](CCO)c2ccc3ccccc3c2C1(C)C)/C=C1/N(CCC(=O)O)c2ccc3ccccc3c2C1(C)C. The molecule has 2 aliphatic heterocycles. The topological polar surface area (TPSA) is 63.8 Å². The van der Waals surface area contributed by atoms with E-state index in [9.17, 15) is 15.0 Å². The minimum absolute atomic E-state index is 0.0562. The fraction of sp³-hybridized carbons (Fsp3) is 0.316. The van der Waals surface area contributed by atoms with E-state index in [0.29, 0.717) is 13.1 Å². The van der Waals surface area contributed by atoms with Crippen molar-refractivity contribution in [1.82, 2.24) is 0 Å². The van der Waals surface area contributed by atoms with E-state index in [1.807, 2.05) is 0 Å². The highest BCUT2D eigenvalue weighted by atomic mass is 16.4. The molecular formula is C38H41N2O3+. The summed E-state index contributed by atoms with van der Waals surface area (Å²) in [4.78, 5) is 14.0. The predicted molar refractivity (Wildman–Crippen MR) is 177 cm³/mol. The van der Waals surface area contributed by atoms with Crippen molar-refractivity contribution >= 4 is 44.6 Å². The number of hydrogen-bond acceptors (Lipinski definition) is 3. The van der Waals surface area contributed by atoms with Crippen LogP contribution in [0.2, 0.25) is 0 Å². The number of allylic oxidation sites excluding steroid dienone is 4. The van der Waals surface area contributed by atoms with Crippen molar-refractivity contribution in [3.8, 4) is 0 Å². The van der Waals surface area contributed by atoms with Gasteiger partial charge < -0.3 is 15.1 Å². The van der Waals surface area contributed by atoms with E-state index in [0.717, 1.165) is 29.2 Å². The zero-order valence-corrected chi connectivity index (χ0v) is 25.8. The van der Waals surface area contributed by atoms with Crippen LogP contribution in [0, 0.1) is 0 Å². The average Bonchev–Trinajstić information content (AvgIpc) is 3.34. The first-order valence-corrected chi connectivity index (χ1v) is 15.3. The van der Waals surface area contributed by atoms with E-state index in [-0.39, 0.29) is 23.9 Å². The summed E-state index contributed by atoms with van der Waals surface area (Å²) in [7, 11) is 0. The second-order valence-corrected chi connectivity index (χ2v) is 12.8. The number of fused-ring (bicyclic) bond motifs is 6. The Labute approximate surface area is 254 Å². The highest BCUT2D eigenvalue weighted by Crippen LogP contribution is 2.51. The Morgan fingerprint density at radius 1 is 0.860 bits per heavy atom. The van der Waals surface area contributed by atoms with Crippen LogP contribution in [0.25, 0.3) is 21.5 Å². The van der Waals surface area contributed by atoms with Crippen LogP contribution in [-0.2, 0) is 15.6 Å². The maximum Gasteiger partial charge on any atom is 0.305 e. The molecule has 4 aromatic rings. The summed E-state index contributed by atoms with van der Waals surface area (Å²) in [6.45, 7) is 12.2. The number of carboxylic acids is 1. The van der Waals surface area contributed by atoms with Crippen molar-refractivity contribution in [3.05, 3.63) is 107 Å². The van der Waals surface area contributed by atoms with Gasteiger partial charge in [0.05, 0.1) is 11.8 Å². The van der Waals surface area contributed by atoms with Gasteiger partial charge in [-0.15, -0.1) is 0 Å². The van der Waals surface area contributed by atoms with Crippen molar-refractivity contribution < 1.29 is 19.6 Å². The molecule has 0 spiro atoms. The molecular weight excluding hydrogens is 532 g/mol. The van der Waals surface area contributed by atoms with Gasteiger partial charge in [-0.2, -0.15) is 4.58 Å². The van der Waals surface area contributed by atoms with Gasteiger partial charge in [0.1, 0.15) is 6.61 Å². The molecule has 0 amide bonds. The number of anilines is 1. The number of benzene rings is 4. The van der Waals surface area contributed by atoms with E-state index in [4.69, 9.17) is 0 Å². The predicted octanol–water partition coefficient (Wildman–Crippen LogP) is 7.85. The smallest absolute Gasteiger partial charge is 0.305 e. The molecule has 0 fully saturated rings. The number of β-amino-alcohol motifs (C(OH)–C–C–N with tert-alkyl or cyclic N) is 1. The molecule has 2 heterocycles. The first-order valence-electron chi connectivity index (χ1n) is 15.3. The number of hydrogen-bond donors (Lipinski definition) is 2. The van der Waals surface area contributed by atoms with Gasteiger partial charge in [0, 0.05) is 41.1 Å². The summed E-state index contributed by atoms with van der Waals surface area (Å²) in [5.74, 6) is -0.800. The summed E-state index contributed by atoms with van der Waals surface area (Å²) in [6, 6.07) is 25.6. The van der Waals surface area contributed by atoms with Crippen LogP contribution < -0.4 is 4.90 Å². The Morgan fingerprint density at radius 3 is 2.12 bits per heavy atom. The molecule has 2 aliphatic rings. The number of aliphatic hydroxyl groups is 1. The lowest BCUT2D eigenvalue weighted by atomic mass is 9.78. The Morgan fingerprint density at radius 2 is 1.49 bits per heavy atom. The van der Waals surface area contributed by atoms with Gasteiger partial charge in [-0.1, -0.05) is 75.4 Å². The molecule has 0 unspecified atom stereocenters. The number of rotatable bonds is 8. The highest BCUT2D eigenvalue weighted by molar-refractivity contribution is 6.08. The van der Waals surface area contributed by atoms with Gasteiger partial charge in [0.2, 0.25) is 5.69 Å². The number of aliphatic carboxylic acids is 1. The largest absolute Gasteiger partial charge is 0.481 e. The molecule has 5 heteroatoms. The molecule has 4 aromatic carbocycles. The zero-order valence-electron chi connectivity index (χ0n) is 25.8. The maximum absolute atomic E-state index is 11.7. The van der Waals surface area contributed by atoms with Gasteiger partial charge in [-0.25, -0.2) is 0 Å². The number of nitrogens with zero attached hydrogens (tertiary/aromatic N) is 2. The number of carbonyl (C=O) groups is 1. The van der Waals surface area contributed by atoms with Crippen LogP contribution in [0.1, 0.15) is 58.6 Å². The van der Waals surface area contributed by atoms with Crippen LogP contribution in [0.5, 0.6) is 0 Å². The molecule has 6 rings (SSSR count). The van der Waals surface area contributed by atoms with Crippen molar-refractivity contribution in [2.24, 2.45) is 0 Å². The first kappa shape index (κ1) is 28.9. The van der Waals surface area contributed by atoms with Crippen molar-refractivity contribution in [3.63, 3.8) is 0 Å². The molecule has 0 bridgehead atoms. The minimum Gasteiger partial charge on any atom is -0.481 e. The molecule has 0 aliphatic carbocycles.